The number of nitrogens with zero attached hydrogens (tertiary/aromatic N) is 1. The minimum Gasteiger partial charge on any atom is -0.494 e. The molecule has 0 aliphatic carbocycles. The molecule has 0 radical (unpaired) electrons. The first-order valence-corrected chi connectivity index (χ1v) is 7.35. The molecule has 0 aliphatic rings. The average molecular weight is 307 g/mol. The molecule has 2 aromatic rings. The van der Waals surface area contributed by atoms with Crippen molar-refractivity contribution in [1.82, 2.24) is 0 Å². The van der Waals surface area contributed by atoms with Crippen LogP contribution >= 0.6 is 0 Å². The van der Waals surface area contributed by atoms with Crippen molar-refractivity contribution >= 4 is 12.0 Å². The van der Waals surface area contributed by atoms with Crippen molar-refractivity contribution in [2.75, 3.05) is 6.61 Å². The molecule has 0 saturated carbocycles. The maximum atomic E-state index is 12.0. The number of carbonyl (C=O) groups excluding carboxylic acids is 1. The normalized spacial score (nSPS) is 10.7. The van der Waals surface area contributed by atoms with Crippen molar-refractivity contribution in [1.29, 1.82) is 5.26 Å². The van der Waals surface area contributed by atoms with Crippen molar-refractivity contribution in [2.45, 2.75) is 13.3 Å². The van der Waals surface area contributed by atoms with E-state index in [1.54, 1.807) is 48.5 Å². The monoisotopic (exact) mass is 307 g/mol. The molecule has 116 valence electrons. The lowest BCUT2D eigenvalue weighted by Gasteiger charge is -2.05. The fourth-order valence-electron chi connectivity index (χ4n) is 1.83. The second kappa shape index (κ2) is 8.40. The van der Waals surface area contributed by atoms with Crippen LogP contribution in [0.3, 0.4) is 0 Å². The van der Waals surface area contributed by atoms with Crippen LogP contribution in [-0.4, -0.2) is 12.6 Å². The van der Waals surface area contributed by atoms with Crippen molar-refractivity contribution in [3.63, 3.8) is 0 Å². The zero-order chi connectivity index (χ0) is 16.5. The predicted octanol–water partition coefficient (Wildman–Crippen LogP) is 3.99. The summed E-state index contributed by atoms with van der Waals surface area (Å²) in [6, 6.07) is 17.7. The van der Waals surface area contributed by atoms with Gasteiger partial charge in [0.15, 0.2) is 0 Å². The Bertz CT molecular complexity index is 713. The van der Waals surface area contributed by atoms with Gasteiger partial charge in [-0.3, -0.25) is 0 Å². The van der Waals surface area contributed by atoms with Gasteiger partial charge in [0.1, 0.15) is 23.1 Å². The zero-order valence-electron chi connectivity index (χ0n) is 12.9. The fraction of sp³-hybridized carbons (Fsp3) is 0.158. The molecule has 0 aromatic heterocycles. The maximum absolute atomic E-state index is 12.0. The Labute approximate surface area is 135 Å². The van der Waals surface area contributed by atoms with Crippen molar-refractivity contribution < 1.29 is 14.3 Å². The van der Waals surface area contributed by atoms with Gasteiger partial charge in [-0.1, -0.05) is 37.3 Å². The first kappa shape index (κ1) is 16.3. The van der Waals surface area contributed by atoms with Gasteiger partial charge in [-0.25, -0.2) is 4.79 Å². The molecular formula is C19H17NO3. The van der Waals surface area contributed by atoms with Gasteiger partial charge >= 0.3 is 5.97 Å². The van der Waals surface area contributed by atoms with Gasteiger partial charge < -0.3 is 9.47 Å². The van der Waals surface area contributed by atoms with Gasteiger partial charge in [-0.2, -0.15) is 5.26 Å². The second-order valence-corrected chi connectivity index (χ2v) is 4.79. The number of carbonyl (C=O) groups is 1. The lowest BCUT2D eigenvalue weighted by molar-refractivity contribution is -0.129. The van der Waals surface area contributed by atoms with E-state index in [1.807, 2.05) is 19.1 Å². The molecule has 2 aromatic carbocycles. The molecule has 0 N–H and O–H groups in total. The van der Waals surface area contributed by atoms with Gasteiger partial charge in [0.2, 0.25) is 0 Å². The van der Waals surface area contributed by atoms with E-state index >= 15 is 0 Å². The van der Waals surface area contributed by atoms with Crippen LogP contribution in [-0.2, 0) is 4.79 Å². The summed E-state index contributed by atoms with van der Waals surface area (Å²) in [5.74, 6) is 0.487. The number of benzene rings is 2. The number of hydrogen-bond acceptors (Lipinski definition) is 4. The van der Waals surface area contributed by atoms with Crippen LogP contribution in [0.1, 0.15) is 18.9 Å². The van der Waals surface area contributed by atoms with Gasteiger partial charge in [-0.05, 0) is 42.3 Å². The molecule has 0 fully saturated rings. The number of ether oxygens (including phenoxy) is 2. The van der Waals surface area contributed by atoms with Crippen molar-refractivity contribution in [2.24, 2.45) is 0 Å². The number of esters is 1. The molecular weight excluding hydrogens is 290 g/mol. The molecule has 4 heteroatoms. The zero-order valence-corrected chi connectivity index (χ0v) is 12.9. The Kier molecular flexibility index (Phi) is 5.96. The third-order valence-electron chi connectivity index (χ3n) is 2.96. The van der Waals surface area contributed by atoms with Gasteiger partial charge in [0.25, 0.3) is 0 Å². The van der Waals surface area contributed by atoms with E-state index in [0.29, 0.717) is 12.4 Å². The van der Waals surface area contributed by atoms with E-state index in [9.17, 15) is 4.79 Å². The van der Waals surface area contributed by atoms with Crippen LogP contribution in [0.15, 0.2) is 60.2 Å². The molecule has 0 amide bonds. The highest BCUT2D eigenvalue weighted by Crippen LogP contribution is 2.16. The van der Waals surface area contributed by atoms with Crippen LogP contribution in [0.25, 0.3) is 6.08 Å². The van der Waals surface area contributed by atoms with E-state index in [2.05, 4.69) is 0 Å². The predicted molar refractivity (Wildman–Crippen MR) is 87.9 cm³/mol. The molecule has 4 nitrogen and oxygen atoms in total. The Morgan fingerprint density at radius 3 is 2.39 bits per heavy atom. The van der Waals surface area contributed by atoms with Crippen LogP contribution in [0.5, 0.6) is 11.5 Å². The minimum absolute atomic E-state index is 0.0592. The molecule has 0 bridgehead atoms. The van der Waals surface area contributed by atoms with Crippen molar-refractivity contribution in [3.05, 3.63) is 65.7 Å². The molecule has 0 spiro atoms. The van der Waals surface area contributed by atoms with Crippen molar-refractivity contribution in [3.8, 4) is 17.6 Å². The summed E-state index contributed by atoms with van der Waals surface area (Å²) in [6.07, 6.45) is 2.43. The van der Waals surface area contributed by atoms with Gasteiger partial charge in [-0.15, -0.1) is 0 Å². The van der Waals surface area contributed by atoms with Gasteiger partial charge in [0.05, 0.1) is 6.61 Å². The topological polar surface area (TPSA) is 59.3 Å². The summed E-state index contributed by atoms with van der Waals surface area (Å²) in [5, 5.41) is 9.16. The minimum atomic E-state index is -0.676. The average Bonchev–Trinajstić information content (AvgIpc) is 2.59. The lowest BCUT2D eigenvalue weighted by atomic mass is 10.1. The van der Waals surface area contributed by atoms with E-state index in [4.69, 9.17) is 14.7 Å². The first-order chi connectivity index (χ1) is 11.2. The van der Waals surface area contributed by atoms with Crippen LogP contribution in [0.4, 0.5) is 0 Å². The molecule has 23 heavy (non-hydrogen) atoms. The Hall–Kier alpha value is -3.06. The summed E-state index contributed by atoms with van der Waals surface area (Å²) in [6.45, 7) is 2.69. The third kappa shape index (κ3) is 5.01. The van der Waals surface area contributed by atoms with Crippen LogP contribution in [0.2, 0.25) is 0 Å². The Morgan fingerprint density at radius 1 is 1.09 bits per heavy atom. The quantitative estimate of drug-likeness (QED) is 0.350. The van der Waals surface area contributed by atoms with Crippen LogP contribution in [0, 0.1) is 11.3 Å². The third-order valence-corrected chi connectivity index (χ3v) is 2.96. The Balaban J connectivity index is 2.09. The molecule has 2 rings (SSSR count). The molecule has 0 atom stereocenters. The summed E-state index contributed by atoms with van der Waals surface area (Å²) in [7, 11) is 0. The molecule has 0 unspecified atom stereocenters. The second-order valence-electron chi connectivity index (χ2n) is 4.79. The summed E-state index contributed by atoms with van der Waals surface area (Å²) in [4.78, 5) is 12.0. The van der Waals surface area contributed by atoms with E-state index in [0.717, 1.165) is 17.7 Å². The largest absolute Gasteiger partial charge is 0.494 e. The van der Waals surface area contributed by atoms with E-state index in [-0.39, 0.29) is 5.57 Å². The fourth-order valence-corrected chi connectivity index (χ4v) is 1.83. The highest BCUT2D eigenvalue weighted by molar-refractivity contribution is 5.99. The molecule has 0 aliphatic heterocycles. The standard InChI is InChI=1S/C19H17NO3/c1-2-12-22-17-10-8-15(9-11-17)13-16(14-20)19(21)23-18-6-4-3-5-7-18/h3-11,13H,2,12H2,1H3/b16-13+. The van der Waals surface area contributed by atoms with E-state index < -0.39 is 5.97 Å². The van der Waals surface area contributed by atoms with E-state index in [1.165, 1.54) is 6.08 Å². The summed E-state index contributed by atoms with van der Waals surface area (Å²) >= 11 is 0. The SMILES string of the molecule is CCCOc1ccc(/C=C(\C#N)C(=O)Oc2ccccc2)cc1. The number of para-hydroxylation sites is 1. The summed E-state index contributed by atoms with van der Waals surface area (Å²) < 4.78 is 10.7. The first-order valence-electron chi connectivity index (χ1n) is 7.35. The number of nitriles is 1. The Morgan fingerprint density at radius 2 is 1.78 bits per heavy atom. The number of rotatable bonds is 6. The summed E-state index contributed by atoms with van der Waals surface area (Å²) in [5.41, 5.74) is 0.673. The number of hydrogen-bond donors (Lipinski definition) is 0. The lowest BCUT2D eigenvalue weighted by Crippen LogP contribution is -2.09. The highest BCUT2D eigenvalue weighted by Gasteiger charge is 2.11. The van der Waals surface area contributed by atoms with Crippen LogP contribution < -0.4 is 9.47 Å². The highest BCUT2D eigenvalue weighted by atomic mass is 16.5. The maximum Gasteiger partial charge on any atom is 0.354 e. The molecule has 0 heterocycles. The van der Waals surface area contributed by atoms with Gasteiger partial charge in [0, 0.05) is 0 Å². The smallest absolute Gasteiger partial charge is 0.354 e. The molecule has 0 saturated heterocycles.